The molecule has 3 fully saturated rings. The molecular weight excluding hydrogens is 487 g/mol. The van der Waals surface area contributed by atoms with Crippen molar-refractivity contribution in [2.45, 2.75) is 22.6 Å². The molecule has 2 amide bonds. The number of fused-ring (bicyclic) bond motifs is 9. The molecule has 2 aromatic carbocycles. The van der Waals surface area contributed by atoms with Crippen LogP contribution in [0.3, 0.4) is 0 Å². The summed E-state index contributed by atoms with van der Waals surface area (Å²) in [6.07, 6.45) is 0.832. The van der Waals surface area contributed by atoms with Gasteiger partial charge in [0, 0.05) is 16.0 Å². The summed E-state index contributed by atoms with van der Waals surface area (Å²) in [4.78, 5) is 44.8. The number of carbonyl (C=O) groups excluding carboxylic acids is 2. The fourth-order valence-corrected chi connectivity index (χ4v) is 9.93. The largest absolute Gasteiger partial charge is 0.497 e. The number of thiazole rings is 1. The molecule has 0 radical (unpaired) electrons. The second kappa shape index (κ2) is 7.54. The van der Waals surface area contributed by atoms with E-state index in [1.165, 1.54) is 40.5 Å². The molecule has 2 bridgehead atoms. The van der Waals surface area contributed by atoms with Gasteiger partial charge in [-0.3, -0.25) is 19.3 Å². The monoisotopic (exact) mass is 508 g/mol. The topological polar surface area (TPSA) is 79.5 Å². The van der Waals surface area contributed by atoms with Crippen molar-refractivity contribution < 1.29 is 18.7 Å². The van der Waals surface area contributed by atoms with Crippen LogP contribution in [0.2, 0.25) is 0 Å². The SMILES string of the molecule is COc1ccc([C@@H]2c3sc(=O)[nH]c3S[C@@H]3[C@H]4C[C@@H]([C@@H]5C(=O)N(c6ccc(F)cc6)C(=O)[C@@H]45)[C@H]23)cc1. The summed E-state index contributed by atoms with van der Waals surface area (Å²) < 4.78 is 18.8. The van der Waals surface area contributed by atoms with Crippen LogP contribution in [0.15, 0.2) is 58.4 Å². The van der Waals surface area contributed by atoms with Gasteiger partial charge in [-0.1, -0.05) is 23.5 Å². The number of H-pyrrole nitrogens is 1. The van der Waals surface area contributed by atoms with Crippen LogP contribution in [-0.4, -0.2) is 29.2 Å². The lowest BCUT2D eigenvalue weighted by molar-refractivity contribution is -0.123. The van der Waals surface area contributed by atoms with E-state index in [-0.39, 0.29) is 57.4 Å². The lowest BCUT2D eigenvalue weighted by Crippen LogP contribution is -2.42. The Balaban J connectivity index is 1.31. The van der Waals surface area contributed by atoms with Gasteiger partial charge in [-0.05, 0) is 66.1 Å². The third-order valence-corrected chi connectivity index (χ3v) is 10.9. The van der Waals surface area contributed by atoms with Crippen LogP contribution in [0.5, 0.6) is 5.75 Å². The Morgan fingerprint density at radius 3 is 2.34 bits per heavy atom. The lowest BCUT2D eigenvalue weighted by atomic mass is 9.68. The summed E-state index contributed by atoms with van der Waals surface area (Å²) >= 11 is 2.91. The number of nitrogens with zero attached hydrogens (tertiary/aromatic N) is 1. The maximum atomic E-state index is 13.7. The number of thioether (sulfide) groups is 1. The molecule has 2 saturated carbocycles. The number of rotatable bonds is 3. The molecule has 9 heteroatoms. The smallest absolute Gasteiger partial charge is 0.305 e. The predicted octanol–water partition coefficient (Wildman–Crippen LogP) is 4.26. The van der Waals surface area contributed by atoms with Crippen LogP contribution in [0.4, 0.5) is 10.1 Å². The van der Waals surface area contributed by atoms with Gasteiger partial charge in [0.05, 0.1) is 29.7 Å². The molecule has 1 N–H and O–H groups in total. The first-order valence-electron chi connectivity index (χ1n) is 11.6. The highest BCUT2D eigenvalue weighted by Crippen LogP contribution is 2.68. The van der Waals surface area contributed by atoms with E-state index in [0.29, 0.717) is 5.69 Å². The van der Waals surface area contributed by atoms with Gasteiger partial charge in [-0.15, -0.1) is 11.8 Å². The lowest BCUT2D eigenvalue weighted by Gasteiger charge is -2.43. The van der Waals surface area contributed by atoms with Gasteiger partial charge in [-0.2, -0.15) is 0 Å². The minimum atomic E-state index is -0.405. The number of aromatic nitrogens is 1. The summed E-state index contributed by atoms with van der Waals surface area (Å²) in [6.45, 7) is 0. The van der Waals surface area contributed by atoms with Crippen LogP contribution < -0.4 is 14.5 Å². The van der Waals surface area contributed by atoms with Crippen LogP contribution >= 0.6 is 23.1 Å². The third-order valence-electron chi connectivity index (χ3n) is 8.28. The van der Waals surface area contributed by atoms with Crippen molar-refractivity contribution in [3.63, 3.8) is 0 Å². The zero-order valence-electron chi connectivity index (χ0n) is 18.6. The molecule has 3 aromatic rings. The molecule has 7 atom stereocenters. The maximum Gasteiger partial charge on any atom is 0.305 e. The average Bonchev–Trinajstić information content (AvgIpc) is 3.59. The van der Waals surface area contributed by atoms with E-state index in [2.05, 4.69) is 4.98 Å². The molecular formula is C26H21FN2O4S2. The van der Waals surface area contributed by atoms with Crippen LogP contribution in [0.25, 0.3) is 0 Å². The molecule has 0 unspecified atom stereocenters. The molecule has 4 aliphatic rings. The minimum absolute atomic E-state index is 0.0233. The number of nitrogens with one attached hydrogen (secondary N) is 1. The second-order valence-electron chi connectivity index (χ2n) is 9.72. The fraction of sp³-hybridized carbons (Fsp3) is 0.346. The Morgan fingerprint density at radius 1 is 0.971 bits per heavy atom. The first-order valence-corrected chi connectivity index (χ1v) is 13.3. The highest BCUT2D eigenvalue weighted by atomic mass is 32.2. The molecule has 178 valence electrons. The standard InChI is InChI=1S/C26H21FN2O4S2/c1-33-14-8-2-11(3-9-14)17-18-15-10-16(21(18)34-23-22(17)35-26(32)28-23)20-19(15)24(30)29(25(20)31)13-6-4-12(27)5-7-13/h2-9,15-21H,10H2,1H3,(H,28,32)/t15-,16+,17+,18-,19+,20+,21-/m1/s1. The Bertz CT molecular complexity index is 1420. The van der Waals surface area contributed by atoms with E-state index in [1.807, 2.05) is 24.3 Å². The van der Waals surface area contributed by atoms with Gasteiger partial charge in [0.2, 0.25) is 11.8 Å². The van der Waals surface area contributed by atoms with Gasteiger partial charge in [0.25, 0.3) is 0 Å². The number of methoxy groups -OCH3 is 1. The summed E-state index contributed by atoms with van der Waals surface area (Å²) in [5.41, 5.74) is 1.52. The summed E-state index contributed by atoms with van der Waals surface area (Å²) in [6, 6.07) is 13.5. The summed E-state index contributed by atoms with van der Waals surface area (Å²) in [5, 5.41) is 1.02. The van der Waals surface area contributed by atoms with E-state index < -0.39 is 5.82 Å². The van der Waals surface area contributed by atoms with E-state index in [0.717, 1.165) is 27.6 Å². The quantitative estimate of drug-likeness (QED) is 0.535. The Labute approximate surface area is 208 Å². The number of benzene rings is 2. The molecule has 2 aliphatic heterocycles. The van der Waals surface area contributed by atoms with Crippen molar-refractivity contribution in [2.75, 3.05) is 12.0 Å². The second-order valence-corrected chi connectivity index (χ2v) is 11.9. The molecule has 2 aliphatic carbocycles. The number of aromatic amines is 1. The van der Waals surface area contributed by atoms with E-state index in [1.54, 1.807) is 18.9 Å². The Morgan fingerprint density at radius 2 is 1.66 bits per heavy atom. The Hall–Kier alpha value is -2.91. The zero-order valence-corrected chi connectivity index (χ0v) is 20.3. The molecule has 1 aromatic heterocycles. The number of amides is 2. The maximum absolute atomic E-state index is 13.7. The number of carbonyl (C=O) groups is 2. The van der Waals surface area contributed by atoms with Crippen molar-refractivity contribution >= 4 is 40.6 Å². The van der Waals surface area contributed by atoms with Crippen LogP contribution in [-0.2, 0) is 9.59 Å². The van der Waals surface area contributed by atoms with Gasteiger partial charge in [-0.25, -0.2) is 4.39 Å². The number of hydrogen-bond donors (Lipinski definition) is 1. The number of halogens is 1. The van der Waals surface area contributed by atoms with E-state index >= 15 is 0 Å². The molecule has 3 heterocycles. The van der Waals surface area contributed by atoms with Gasteiger partial charge in [0.1, 0.15) is 11.6 Å². The Kier molecular flexibility index (Phi) is 4.61. The first-order chi connectivity index (χ1) is 17.0. The number of ether oxygens (including phenoxy) is 1. The fourth-order valence-electron chi connectivity index (χ4n) is 7.05. The molecule has 1 saturated heterocycles. The molecule has 35 heavy (non-hydrogen) atoms. The van der Waals surface area contributed by atoms with Crippen molar-refractivity contribution in [2.24, 2.45) is 29.6 Å². The van der Waals surface area contributed by atoms with Crippen LogP contribution in [0.1, 0.15) is 22.8 Å². The first kappa shape index (κ1) is 21.4. The highest BCUT2D eigenvalue weighted by Gasteiger charge is 2.69. The normalized spacial score (nSPS) is 32.5. The molecule has 7 rings (SSSR count). The van der Waals surface area contributed by atoms with Gasteiger partial charge >= 0.3 is 4.87 Å². The molecule has 0 spiro atoms. The van der Waals surface area contributed by atoms with Crippen LogP contribution in [0, 0.1) is 35.4 Å². The van der Waals surface area contributed by atoms with Crippen molar-refractivity contribution in [1.82, 2.24) is 4.98 Å². The van der Waals surface area contributed by atoms with Gasteiger partial charge in [0.15, 0.2) is 0 Å². The third kappa shape index (κ3) is 2.91. The number of hydrogen-bond acceptors (Lipinski definition) is 6. The van der Waals surface area contributed by atoms with Crippen molar-refractivity contribution in [3.05, 3.63) is 74.5 Å². The van der Waals surface area contributed by atoms with E-state index in [9.17, 15) is 18.8 Å². The van der Waals surface area contributed by atoms with Gasteiger partial charge < -0.3 is 9.72 Å². The summed E-state index contributed by atoms with van der Waals surface area (Å²) in [7, 11) is 1.63. The average molecular weight is 509 g/mol. The highest BCUT2D eigenvalue weighted by molar-refractivity contribution is 8.00. The summed E-state index contributed by atoms with van der Waals surface area (Å²) in [5.74, 6) is -0.523. The molecule has 6 nitrogen and oxygen atoms in total. The minimum Gasteiger partial charge on any atom is -0.497 e. The van der Waals surface area contributed by atoms with Crippen molar-refractivity contribution in [3.8, 4) is 5.75 Å². The number of imide groups is 1. The van der Waals surface area contributed by atoms with E-state index in [4.69, 9.17) is 4.74 Å². The predicted molar refractivity (Wildman–Crippen MR) is 130 cm³/mol. The zero-order chi connectivity index (χ0) is 24.0. The van der Waals surface area contributed by atoms with Crippen molar-refractivity contribution in [1.29, 1.82) is 0 Å². The number of anilines is 1.